The van der Waals surface area contributed by atoms with Crippen LogP contribution in [0.4, 0.5) is 5.82 Å². The highest BCUT2D eigenvalue weighted by atomic mass is 35.5. The predicted molar refractivity (Wildman–Crippen MR) is 63.8 cm³/mol. The fourth-order valence-corrected chi connectivity index (χ4v) is 1.57. The highest BCUT2D eigenvalue weighted by Gasteiger charge is 2.05. The summed E-state index contributed by atoms with van der Waals surface area (Å²) in [6, 6.07) is 4.20. The van der Waals surface area contributed by atoms with Crippen LogP contribution >= 0.6 is 11.6 Å². The van der Waals surface area contributed by atoms with E-state index in [1.807, 2.05) is 12.1 Å². The minimum Gasteiger partial charge on any atom is -0.495 e. The second kappa shape index (κ2) is 6.51. The zero-order valence-corrected chi connectivity index (χ0v) is 9.92. The van der Waals surface area contributed by atoms with E-state index in [4.69, 9.17) is 16.3 Å². The van der Waals surface area contributed by atoms with Crippen LogP contribution in [-0.4, -0.2) is 24.0 Å². The molecule has 1 rings (SSSR count). The summed E-state index contributed by atoms with van der Waals surface area (Å²) in [5.41, 5.74) is 0. The fraction of sp³-hybridized carbons (Fsp3) is 0.545. The van der Waals surface area contributed by atoms with Crippen molar-refractivity contribution in [2.75, 3.05) is 18.3 Å². The Morgan fingerprint density at radius 1 is 1.53 bits per heavy atom. The van der Waals surface area contributed by atoms with Crippen molar-refractivity contribution in [3.05, 3.63) is 18.3 Å². The van der Waals surface area contributed by atoms with Gasteiger partial charge in [-0.25, -0.2) is 4.98 Å². The highest BCUT2D eigenvalue weighted by Crippen LogP contribution is 2.13. The van der Waals surface area contributed by atoms with Crippen LogP contribution in [0.1, 0.15) is 19.8 Å². The summed E-state index contributed by atoms with van der Waals surface area (Å²) in [6.07, 6.45) is 3.70. The third kappa shape index (κ3) is 3.96. The van der Waals surface area contributed by atoms with Gasteiger partial charge in [-0.2, -0.15) is 0 Å². The lowest BCUT2D eigenvalue weighted by Crippen LogP contribution is -2.19. The molecular weight excluding hydrogens is 212 g/mol. The molecule has 1 atom stereocenters. The monoisotopic (exact) mass is 228 g/mol. The standard InChI is InChI=1S/C11H17ClN2O/c1-3-9(6-7-12)14-11-5-4-10(15-2)8-13-11/h4-5,8-9H,3,6-7H2,1-2H3,(H,13,14). The smallest absolute Gasteiger partial charge is 0.137 e. The third-order valence-corrected chi connectivity index (χ3v) is 2.49. The molecule has 1 aromatic rings. The van der Waals surface area contributed by atoms with E-state index in [9.17, 15) is 0 Å². The highest BCUT2D eigenvalue weighted by molar-refractivity contribution is 6.17. The molecule has 0 aliphatic rings. The van der Waals surface area contributed by atoms with Gasteiger partial charge in [-0.15, -0.1) is 11.6 Å². The Bertz CT molecular complexity index is 276. The number of rotatable bonds is 6. The second-order valence-electron chi connectivity index (χ2n) is 3.31. The summed E-state index contributed by atoms with van der Waals surface area (Å²) in [7, 11) is 1.63. The first kappa shape index (κ1) is 12.1. The van der Waals surface area contributed by atoms with Crippen molar-refractivity contribution < 1.29 is 4.74 Å². The van der Waals surface area contributed by atoms with E-state index in [0.717, 1.165) is 24.4 Å². The van der Waals surface area contributed by atoms with Gasteiger partial charge < -0.3 is 10.1 Å². The van der Waals surface area contributed by atoms with E-state index in [0.29, 0.717) is 11.9 Å². The molecule has 3 nitrogen and oxygen atoms in total. The van der Waals surface area contributed by atoms with Crippen LogP contribution in [-0.2, 0) is 0 Å². The van der Waals surface area contributed by atoms with Crippen LogP contribution in [0.25, 0.3) is 0 Å². The molecule has 1 heterocycles. The number of hydrogen-bond acceptors (Lipinski definition) is 3. The molecule has 0 aromatic carbocycles. The van der Waals surface area contributed by atoms with Gasteiger partial charge in [0.1, 0.15) is 11.6 Å². The molecule has 0 saturated carbocycles. The van der Waals surface area contributed by atoms with Crippen LogP contribution in [0.3, 0.4) is 0 Å². The van der Waals surface area contributed by atoms with Crippen molar-refractivity contribution in [2.45, 2.75) is 25.8 Å². The van der Waals surface area contributed by atoms with Crippen LogP contribution in [0.2, 0.25) is 0 Å². The van der Waals surface area contributed by atoms with Gasteiger partial charge in [-0.3, -0.25) is 0 Å². The van der Waals surface area contributed by atoms with Crippen molar-refractivity contribution in [1.82, 2.24) is 4.98 Å². The van der Waals surface area contributed by atoms with E-state index in [1.54, 1.807) is 13.3 Å². The number of nitrogens with one attached hydrogen (secondary N) is 1. The van der Waals surface area contributed by atoms with E-state index < -0.39 is 0 Å². The minimum absolute atomic E-state index is 0.392. The summed E-state index contributed by atoms with van der Waals surface area (Å²) in [5.74, 6) is 2.31. The van der Waals surface area contributed by atoms with Gasteiger partial charge in [0.25, 0.3) is 0 Å². The summed E-state index contributed by atoms with van der Waals surface area (Å²) < 4.78 is 5.04. The SMILES string of the molecule is CCC(CCCl)Nc1ccc(OC)cn1. The molecule has 1 aromatic heterocycles. The number of alkyl halides is 1. The van der Waals surface area contributed by atoms with Crippen molar-refractivity contribution in [3.8, 4) is 5.75 Å². The maximum Gasteiger partial charge on any atom is 0.137 e. The van der Waals surface area contributed by atoms with E-state index in [-0.39, 0.29) is 0 Å². The van der Waals surface area contributed by atoms with Gasteiger partial charge in [0.2, 0.25) is 0 Å². The lowest BCUT2D eigenvalue weighted by Gasteiger charge is -2.16. The molecule has 1 N–H and O–H groups in total. The average Bonchev–Trinajstić information content (AvgIpc) is 2.29. The van der Waals surface area contributed by atoms with Crippen LogP contribution in [0.5, 0.6) is 5.75 Å². The number of anilines is 1. The maximum absolute atomic E-state index is 5.71. The van der Waals surface area contributed by atoms with Gasteiger partial charge >= 0.3 is 0 Å². The fourth-order valence-electron chi connectivity index (χ4n) is 1.31. The Morgan fingerprint density at radius 2 is 2.33 bits per heavy atom. The predicted octanol–water partition coefficient (Wildman–Crippen LogP) is 2.91. The largest absolute Gasteiger partial charge is 0.495 e. The Balaban J connectivity index is 2.55. The number of ether oxygens (including phenoxy) is 1. The Labute approximate surface area is 95.8 Å². The third-order valence-electron chi connectivity index (χ3n) is 2.27. The first-order valence-corrected chi connectivity index (χ1v) is 5.66. The quantitative estimate of drug-likeness (QED) is 0.761. The first-order chi connectivity index (χ1) is 7.30. The number of nitrogens with zero attached hydrogens (tertiary/aromatic N) is 1. The molecule has 0 amide bonds. The molecular formula is C11H17ClN2O. The Morgan fingerprint density at radius 3 is 2.80 bits per heavy atom. The molecule has 0 fully saturated rings. The van der Waals surface area contributed by atoms with E-state index in [2.05, 4.69) is 17.2 Å². The second-order valence-corrected chi connectivity index (χ2v) is 3.69. The number of pyridine rings is 1. The van der Waals surface area contributed by atoms with Crippen LogP contribution < -0.4 is 10.1 Å². The molecule has 0 saturated heterocycles. The molecule has 0 radical (unpaired) electrons. The van der Waals surface area contributed by atoms with Gasteiger partial charge in [-0.05, 0) is 25.0 Å². The Kier molecular flexibility index (Phi) is 5.26. The zero-order valence-electron chi connectivity index (χ0n) is 9.16. The molecule has 0 bridgehead atoms. The summed E-state index contributed by atoms with van der Waals surface area (Å²) in [5, 5.41) is 3.33. The Hall–Kier alpha value is -0.960. The van der Waals surface area contributed by atoms with Crippen molar-refractivity contribution >= 4 is 17.4 Å². The topological polar surface area (TPSA) is 34.1 Å². The maximum atomic E-state index is 5.71. The molecule has 0 aliphatic heterocycles. The summed E-state index contributed by atoms with van der Waals surface area (Å²) in [6.45, 7) is 2.13. The molecule has 0 spiro atoms. The number of aromatic nitrogens is 1. The van der Waals surface area contributed by atoms with Crippen molar-refractivity contribution in [1.29, 1.82) is 0 Å². The van der Waals surface area contributed by atoms with Gasteiger partial charge in [-0.1, -0.05) is 6.92 Å². The van der Waals surface area contributed by atoms with Gasteiger partial charge in [0.05, 0.1) is 13.3 Å². The molecule has 15 heavy (non-hydrogen) atoms. The number of hydrogen-bond donors (Lipinski definition) is 1. The van der Waals surface area contributed by atoms with E-state index >= 15 is 0 Å². The average molecular weight is 229 g/mol. The lowest BCUT2D eigenvalue weighted by molar-refractivity contribution is 0.413. The van der Waals surface area contributed by atoms with Crippen molar-refractivity contribution in [2.24, 2.45) is 0 Å². The molecule has 0 aliphatic carbocycles. The summed E-state index contributed by atoms with van der Waals surface area (Å²) >= 11 is 5.71. The van der Waals surface area contributed by atoms with Gasteiger partial charge in [0, 0.05) is 11.9 Å². The number of methoxy groups -OCH3 is 1. The van der Waals surface area contributed by atoms with Crippen LogP contribution in [0.15, 0.2) is 18.3 Å². The van der Waals surface area contributed by atoms with Crippen LogP contribution in [0, 0.1) is 0 Å². The minimum atomic E-state index is 0.392. The first-order valence-electron chi connectivity index (χ1n) is 5.12. The summed E-state index contributed by atoms with van der Waals surface area (Å²) in [4.78, 5) is 4.24. The lowest BCUT2D eigenvalue weighted by atomic mass is 10.2. The molecule has 4 heteroatoms. The van der Waals surface area contributed by atoms with Gasteiger partial charge in [0.15, 0.2) is 0 Å². The molecule has 1 unspecified atom stereocenters. The molecule has 84 valence electrons. The van der Waals surface area contributed by atoms with E-state index in [1.165, 1.54) is 0 Å². The normalized spacial score (nSPS) is 12.2. The number of halogens is 1. The van der Waals surface area contributed by atoms with Crippen molar-refractivity contribution in [3.63, 3.8) is 0 Å². The zero-order chi connectivity index (χ0) is 11.1.